The summed E-state index contributed by atoms with van der Waals surface area (Å²) in [6.07, 6.45) is 1.17. The fourth-order valence-electron chi connectivity index (χ4n) is 3.71. The molecular formula is C22H22BrN3O3S. The van der Waals surface area contributed by atoms with Crippen molar-refractivity contribution in [2.24, 2.45) is 5.92 Å². The molecule has 3 amide bonds. The minimum absolute atomic E-state index is 0.0254. The van der Waals surface area contributed by atoms with Crippen molar-refractivity contribution in [3.63, 3.8) is 0 Å². The highest BCUT2D eigenvalue weighted by atomic mass is 79.9. The van der Waals surface area contributed by atoms with Crippen molar-refractivity contribution in [3.05, 3.63) is 52.5 Å². The molecule has 1 atom stereocenters. The van der Waals surface area contributed by atoms with E-state index in [1.807, 2.05) is 49.4 Å². The number of hydrogen-bond donors (Lipinski definition) is 2. The van der Waals surface area contributed by atoms with Gasteiger partial charge in [0.25, 0.3) is 0 Å². The van der Waals surface area contributed by atoms with Crippen LogP contribution in [0.2, 0.25) is 0 Å². The standard InChI is InChI=1S/C22H22BrN3O3S/c1-13-12-15(6-7-16(13)23)24-20(27)14-8-10-26(11-9-14)22(29)19-21(28)25-17-4-2-3-5-18(17)30-19/h2-7,12,14,19H,8-11H2,1H3,(H,24,27)(H,25,28)/t19-/m0/s1. The molecule has 2 N–H and O–H groups in total. The summed E-state index contributed by atoms with van der Waals surface area (Å²) in [4.78, 5) is 40.6. The van der Waals surface area contributed by atoms with Gasteiger partial charge in [-0.2, -0.15) is 0 Å². The highest BCUT2D eigenvalue weighted by molar-refractivity contribution is 9.10. The molecule has 0 aliphatic carbocycles. The van der Waals surface area contributed by atoms with E-state index in [9.17, 15) is 14.4 Å². The summed E-state index contributed by atoms with van der Waals surface area (Å²) >= 11 is 4.75. The number of aryl methyl sites for hydroxylation is 1. The van der Waals surface area contributed by atoms with Gasteiger partial charge < -0.3 is 15.5 Å². The number of piperidine rings is 1. The average molecular weight is 488 g/mol. The fraction of sp³-hybridized carbons (Fsp3) is 0.318. The van der Waals surface area contributed by atoms with Gasteiger partial charge in [-0.25, -0.2) is 0 Å². The van der Waals surface area contributed by atoms with Crippen molar-refractivity contribution in [2.75, 3.05) is 23.7 Å². The number of carbonyl (C=O) groups excluding carboxylic acids is 3. The molecule has 30 heavy (non-hydrogen) atoms. The third-order valence-corrected chi connectivity index (χ3v) is 7.61. The Morgan fingerprint density at radius 2 is 1.90 bits per heavy atom. The monoisotopic (exact) mass is 487 g/mol. The van der Waals surface area contributed by atoms with Crippen LogP contribution in [0.25, 0.3) is 0 Å². The maximum atomic E-state index is 12.9. The highest BCUT2D eigenvalue weighted by Gasteiger charge is 2.37. The molecule has 0 radical (unpaired) electrons. The zero-order chi connectivity index (χ0) is 21.3. The van der Waals surface area contributed by atoms with E-state index >= 15 is 0 Å². The van der Waals surface area contributed by atoms with Crippen LogP contribution in [0.3, 0.4) is 0 Å². The number of nitrogens with one attached hydrogen (secondary N) is 2. The summed E-state index contributed by atoms with van der Waals surface area (Å²) in [7, 11) is 0. The topological polar surface area (TPSA) is 78.5 Å². The number of rotatable bonds is 3. The molecule has 2 heterocycles. The predicted molar refractivity (Wildman–Crippen MR) is 122 cm³/mol. The minimum atomic E-state index is -0.781. The second-order valence-corrected chi connectivity index (χ2v) is 9.54. The van der Waals surface area contributed by atoms with E-state index in [4.69, 9.17) is 0 Å². The van der Waals surface area contributed by atoms with Crippen LogP contribution < -0.4 is 10.6 Å². The predicted octanol–water partition coefficient (Wildman–Crippen LogP) is 4.05. The Bertz CT molecular complexity index is 1000. The van der Waals surface area contributed by atoms with Crippen molar-refractivity contribution >= 4 is 56.8 Å². The number of likely N-dealkylation sites (tertiary alicyclic amines) is 1. The van der Waals surface area contributed by atoms with Crippen LogP contribution >= 0.6 is 27.7 Å². The Balaban J connectivity index is 1.34. The number of thioether (sulfide) groups is 1. The van der Waals surface area contributed by atoms with Crippen LogP contribution in [0, 0.1) is 12.8 Å². The number of fused-ring (bicyclic) bond motifs is 1. The van der Waals surface area contributed by atoms with E-state index in [2.05, 4.69) is 26.6 Å². The molecule has 0 unspecified atom stereocenters. The summed E-state index contributed by atoms with van der Waals surface area (Å²) < 4.78 is 1.000. The van der Waals surface area contributed by atoms with Gasteiger partial charge >= 0.3 is 0 Å². The SMILES string of the molecule is Cc1cc(NC(=O)C2CCN(C(=O)[C@H]3Sc4ccccc4NC3=O)CC2)ccc1Br. The zero-order valence-corrected chi connectivity index (χ0v) is 18.9. The van der Waals surface area contributed by atoms with Crippen LogP contribution in [0.4, 0.5) is 11.4 Å². The first-order valence-electron chi connectivity index (χ1n) is 9.85. The number of amides is 3. The van der Waals surface area contributed by atoms with Crippen LogP contribution in [-0.4, -0.2) is 41.0 Å². The molecule has 0 aromatic heterocycles. The first-order valence-corrected chi connectivity index (χ1v) is 11.5. The quantitative estimate of drug-likeness (QED) is 0.640. The van der Waals surface area contributed by atoms with Gasteiger partial charge in [-0.15, -0.1) is 11.8 Å². The number of nitrogens with zero attached hydrogens (tertiary/aromatic N) is 1. The number of benzene rings is 2. The molecule has 2 aromatic carbocycles. The Labute approximate surface area is 187 Å². The maximum Gasteiger partial charge on any atom is 0.247 e. The lowest BCUT2D eigenvalue weighted by Crippen LogP contribution is -2.48. The van der Waals surface area contributed by atoms with Gasteiger partial charge in [0.1, 0.15) is 0 Å². The summed E-state index contributed by atoms with van der Waals surface area (Å²) in [6.45, 7) is 2.92. The maximum absolute atomic E-state index is 12.9. The number of halogens is 1. The van der Waals surface area contributed by atoms with Crippen molar-refractivity contribution in [1.82, 2.24) is 4.90 Å². The second kappa shape index (κ2) is 8.81. The molecule has 2 aliphatic rings. The summed E-state index contributed by atoms with van der Waals surface area (Å²) in [5.41, 5.74) is 2.57. The number of carbonyl (C=O) groups is 3. The van der Waals surface area contributed by atoms with E-state index in [1.54, 1.807) is 4.90 Å². The van der Waals surface area contributed by atoms with Gasteiger partial charge in [-0.3, -0.25) is 14.4 Å². The fourth-order valence-corrected chi connectivity index (χ4v) is 5.03. The molecule has 2 aliphatic heterocycles. The smallest absolute Gasteiger partial charge is 0.247 e. The molecule has 0 spiro atoms. The third kappa shape index (κ3) is 4.39. The molecule has 1 saturated heterocycles. The van der Waals surface area contributed by atoms with Gasteiger partial charge in [-0.05, 0) is 55.7 Å². The molecule has 0 bridgehead atoms. The van der Waals surface area contributed by atoms with E-state index in [0.717, 1.165) is 26.3 Å². The molecular weight excluding hydrogens is 466 g/mol. The summed E-state index contributed by atoms with van der Waals surface area (Å²) in [5, 5.41) is 5.01. The van der Waals surface area contributed by atoms with Crippen LogP contribution in [0.5, 0.6) is 0 Å². The highest BCUT2D eigenvalue weighted by Crippen LogP contribution is 2.36. The van der Waals surface area contributed by atoms with E-state index in [1.165, 1.54) is 11.8 Å². The lowest BCUT2D eigenvalue weighted by Gasteiger charge is -2.34. The lowest BCUT2D eigenvalue weighted by atomic mass is 9.95. The molecule has 2 aromatic rings. The normalized spacial score (nSPS) is 19.1. The lowest BCUT2D eigenvalue weighted by molar-refractivity contribution is -0.136. The Hall–Kier alpha value is -2.32. The van der Waals surface area contributed by atoms with Gasteiger partial charge in [0, 0.05) is 34.1 Å². The van der Waals surface area contributed by atoms with Gasteiger partial charge in [0.15, 0.2) is 5.25 Å². The number of anilines is 2. The number of para-hydroxylation sites is 1. The largest absolute Gasteiger partial charge is 0.341 e. The summed E-state index contributed by atoms with van der Waals surface area (Å²) in [5.74, 6) is -0.641. The molecule has 0 saturated carbocycles. The van der Waals surface area contributed by atoms with E-state index in [-0.39, 0.29) is 23.6 Å². The van der Waals surface area contributed by atoms with Crippen LogP contribution in [0.15, 0.2) is 51.8 Å². The average Bonchev–Trinajstić information content (AvgIpc) is 2.75. The summed E-state index contributed by atoms with van der Waals surface area (Å²) in [6, 6.07) is 13.2. The number of hydrogen-bond acceptors (Lipinski definition) is 4. The Morgan fingerprint density at radius 1 is 1.17 bits per heavy atom. The third-order valence-electron chi connectivity index (χ3n) is 5.46. The van der Waals surface area contributed by atoms with Crippen LogP contribution in [0.1, 0.15) is 18.4 Å². The molecule has 4 rings (SSSR count). The van der Waals surface area contributed by atoms with Crippen molar-refractivity contribution < 1.29 is 14.4 Å². The molecule has 1 fully saturated rings. The first kappa shape index (κ1) is 20.9. The van der Waals surface area contributed by atoms with Crippen molar-refractivity contribution in [3.8, 4) is 0 Å². The van der Waals surface area contributed by atoms with E-state index in [0.29, 0.717) is 25.9 Å². The van der Waals surface area contributed by atoms with Gasteiger partial charge in [-0.1, -0.05) is 28.1 Å². The zero-order valence-electron chi connectivity index (χ0n) is 16.5. The first-order chi connectivity index (χ1) is 14.4. The molecule has 8 heteroatoms. The van der Waals surface area contributed by atoms with Crippen molar-refractivity contribution in [1.29, 1.82) is 0 Å². The van der Waals surface area contributed by atoms with E-state index < -0.39 is 5.25 Å². The van der Waals surface area contributed by atoms with Gasteiger partial charge in [0.2, 0.25) is 17.7 Å². The molecule has 6 nitrogen and oxygen atoms in total. The van der Waals surface area contributed by atoms with Crippen molar-refractivity contribution in [2.45, 2.75) is 29.9 Å². The Kier molecular flexibility index (Phi) is 6.15. The molecule has 156 valence electrons. The second-order valence-electron chi connectivity index (χ2n) is 7.54. The van der Waals surface area contributed by atoms with Crippen LogP contribution in [-0.2, 0) is 14.4 Å². The Morgan fingerprint density at radius 3 is 2.63 bits per heavy atom. The minimum Gasteiger partial charge on any atom is -0.341 e. The van der Waals surface area contributed by atoms with Gasteiger partial charge in [0.05, 0.1) is 5.69 Å².